The average molecular weight is 361 g/mol. The summed E-state index contributed by atoms with van der Waals surface area (Å²) in [6.45, 7) is 5.28. The Morgan fingerprint density at radius 2 is 2.23 bits per heavy atom. The number of amides is 2. The standard InChI is InChI=1S/C19H21F2N3O2/c1-3-15(25)24-6-4-5-11(9-24)16-14(21)7-12(19(22)26)18-17(16)13(8-20)10(2)23-18/h3,7,11,23H,1,4-6,8-9H2,2H3,(H2,22,26). The lowest BCUT2D eigenvalue weighted by Gasteiger charge is -2.33. The number of nitrogens with zero attached hydrogens (tertiary/aromatic N) is 1. The number of aryl methyl sites for hydroxylation is 1. The molecule has 0 bridgehead atoms. The van der Waals surface area contributed by atoms with Crippen LogP contribution in [0, 0.1) is 12.7 Å². The number of nitrogens with one attached hydrogen (secondary N) is 1. The van der Waals surface area contributed by atoms with Gasteiger partial charge in [-0.1, -0.05) is 6.58 Å². The SMILES string of the molecule is C=CC(=O)N1CCCC(c2c(F)cc(C(N)=O)c3[nH]c(C)c(CF)c23)C1. The van der Waals surface area contributed by atoms with Crippen LogP contribution in [0.5, 0.6) is 0 Å². The fraction of sp³-hybridized carbons (Fsp3) is 0.368. The summed E-state index contributed by atoms with van der Waals surface area (Å²) in [6.07, 6.45) is 2.61. The highest BCUT2D eigenvalue weighted by Crippen LogP contribution is 2.38. The zero-order valence-electron chi connectivity index (χ0n) is 14.6. The van der Waals surface area contributed by atoms with Gasteiger partial charge in [-0.25, -0.2) is 8.78 Å². The molecule has 7 heteroatoms. The van der Waals surface area contributed by atoms with E-state index in [9.17, 15) is 18.4 Å². The largest absolute Gasteiger partial charge is 0.366 e. The fourth-order valence-corrected chi connectivity index (χ4v) is 3.86. The molecule has 2 amide bonds. The van der Waals surface area contributed by atoms with Crippen LogP contribution in [0.25, 0.3) is 10.9 Å². The number of hydrogen-bond donors (Lipinski definition) is 2. The highest BCUT2D eigenvalue weighted by Gasteiger charge is 2.30. The minimum absolute atomic E-state index is 0.00103. The molecule has 1 saturated heterocycles. The van der Waals surface area contributed by atoms with Crippen molar-refractivity contribution in [3.63, 3.8) is 0 Å². The summed E-state index contributed by atoms with van der Waals surface area (Å²) in [5.41, 5.74) is 6.92. The number of aromatic amines is 1. The van der Waals surface area contributed by atoms with Gasteiger partial charge in [0, 0.05) is 41.2 Å². The molecule has 26 heavy (non-hydrogen) atoms. The van der Waals surface area contributed by atoms with Crippen LogP contribution in [0.3, 0.4) is 0 Å². The van der Waals surface area contributed by atoms with E-state index >= 15 is 0 Å². The summed E-state index contributed by atoms with van der Waals surface area (Å²) in [5, 5.41) is 0.372. The zero-order chi connectivity index (χ0) is 19.0. The lowest BCUT2D eigenvalue weighted by Crippen LogP contribution is -2.38. The molecule has 1 aliphatic rings. The van der Waals surface area contributed by atoms with E-state index in [1.54, 1.807) is 11.8 Å². The van der Waals surface area contributed by atoms with Crippen molar-refractivity contribution in [2.45, 2.75) is 32.4 Å². The lowest BCUT2D eigenvalue weighted by molar-refractivity contribution is -0.127. The number of rotatable bonds is 4. The van der Waals surface area contributed by atoms with Gasteiger partial charge in [-0.2, -0.15) is 0 Å². The first-order valence-electron chi connectivity index (χ1n) is 8.49. The van der Waals surface area contributed by atoms with E-state index in [-0.39, 0.29) is 17.4 Å². The van der Waals surface area contributed by atoms with Crippen LogP contribution in [0.4, 0.5) is 8.78 Å². The number of carbonyl (C=O) groups is 2. The molecule has 0 spiro atoms. The topological polar surface area (TPSA) is 79.2 Å². The van der Waals surface area contributed by atoms with Crippen molar-refractivity contribution < 1.29 is 18.4 Å². The number of carbonyl (C=O) groups excluding carboxylic acids is 2. The van der Waals surface area contributed by atoms with E-state index in [0.29, 0.717) is 53.7 Å². The van der Waals surface area contributed by atoms with Crippen molar-refractivity contribution >= 4 is 22.7 Å². The van der Waals surface area contributed by atoms with E-state index in [1.165, 1.54) is 6.08 Å². The Bertz CT molecular complexity index is 904. The number of aromatic nitrogens is 1. The van der Waals surface area contributed by atoms with E-state index in [2.05, 4.69) is 11.6 Å². The number of piperidine rings is 1. The van der Waals surface area contributed by atoms with Gasteiger partial charge in [0.15, 0.2) is 0 Å². The molecule has 5 nitrogen and oxygen atoms in total. The molecule has 1 fully saturated rings. The van der Waals surface area contributed by atoms with E-state index in [0.717, 1.165) is 6.07 Å². The molecule has 138 valence electrons. The Morgan fingerprint density at radius 1 is 1.50 bits per heavy atom. The van der Waals surface area contributed by atoms with Crippen LogP contribution in [0.15, 0.2) is 18.7 Å². The first-order valence-corrected chi connectivity index (χ1v) is 8.49. The summed E-state index contributed by atoms with van der Waals surface area (Å²) in [4.78, 5) is 28.3. The monoisotopic (exact) mass is 361 g/mol. The molecule has 1 aromatic carbocycles. The third-order valence-corrected chi connectivity index (χ3v) is 5.10. The lowest BCUT2D eigenvalue weighted by atomic mass is 9.86. The highest BCUT2D eigenvalue weighted by molar-refractivity contribution is 6.07. The van der Waals surface area contributed by atoms with Crippen molar-refractivity contribution in [3.8, 4) is 0 Å². The maximum absolute atomic E-state index is 15.0. The fourth-order valence-electron chi connectivity index (χ4n) is 3.86. The van der Waals surface area contributed by atoms with Crippen LogP contribution < -0.4 is 5.73 Å². The summed E-state index contributed by atoms with van der Waals surface area (Å²) in [5.74, 6) is -1.88. The summed E-state index contributed by atoms with van der Waals surface area (Å²) in [6, 6.07) is 1.10. The highest BCUT2D eigenvalue weighted by atomic mass is 19.1. The Labute approximate surface area is 149 Å². The molecule has 2 heterocycles. The Balaban J connectivity index is 2.21. The van der Waals surface area contributed by atoms with Crippen molar-refractivity contribution in [2.24, 2.45) is 5.73 Å². The molecule has 0 radical (unpaired) electrons. The van der Waals surface area contributed by atoms with Gasteiger partial charge in [0.05, 0.1) is 11.1 Å². The number of benzene rings is 1. The predicted octanol–water partition coefficient (Wildman–Crippen LogP) is 3.08. The molecular weight excluding hydrogens is 340 g/mol. The Hall–Kier alpha value is -2.70. The summed E-state index contributed by atoms with van der Waals surface area (Å²) in [7, 11) is 0. The van der Waals surface area contributed by atoms with Crippen molar-refractivity contribution in [1.29, 1.82) is 0 Å². The number of nitrogens with two attached hydrogens (primary N) is 1. The van der Waals surface area contributed by atoms with Crippen molar-refractivity contribution in [3.05, 3.63) is 46.9 Å². The van der Waals surface area contributed by atoms with Gasteiger partial charge >= 0.3 is 0 Å². The summed E-state index contributed by atoms with van der Waals surface area (Å²) < 4.78 is 28.7. The molecule has 3 rings (SSSR count). The second kappa shape index (κ2) is 6.90. The van der Waals surface area contributed by atoms with Crippen LogP contribution in [0.2, 0.25) is 0 Å². The van der Waals surface area contributed by atoms with Crippen LogP contribution in [-0.2, 0) is 11.5 Å². The van der Waals surface area contributed by atoms with Crippen molar-refractivity contribution in [1.82, 2.24) is 9.88 Å². The number of likely N-dealkylation sites (tertiary alicyclic amines) is 1. The second-order valence-electron chi connectivity index (χ2n) is 6.62. The van der Waals surface area contributed by atoms with Gasteiger partial charge in [-0.3, -0.25) is 9.59 Å². The molecule has 3 N–H and O–H groups in total. The van der Waals surface area contributed by atoms with Gasteiger partial charge in [-0.05, 0) is 31.9 Å². The molecule has 1 aliphatic heterocycles. The molecule has 1 unspecified atom stereocenters. The zero-order valence-corrected chi connectivity index (χ0v) is 14.6. The number of hydrogen-bond acceptors (Lipinski definition) is 2. The third kappa shape index (κ3) is 2.87. The number of H-pyrrole nitrogens is 1. The summed E-state index contributed by atoms with van der Waals surface area (Å²) >= 11 is 0. The molecule has 1 aromatic heterocycles. The smallest absolute Gasteiger partial charge is 0.250 e. The Kier molecular flexibility index (Phi) is 4.80. The van der Waals surface area contributed by atoms with Gasteiger partial charge < -0.3 is 15.6 Å². The molecule has 2 aromatic rings. The second-order valence-corrected chi connectivity index (χ2v) is 6.62. The molecule has 1 atom stereocenters. The molecule has 0 aliphatic carbocycles. The number of halogens is 2. The number of fused-ring (bicyclic) bond motifs is 1. The van der Waals surface area contributed by atoms with Crippen LogP contribution >= 0.6 is 0 Å². The molecular formula is C19H21F2N3O2. The number of primary amides is 1. The van der Waals surface area contributed by atoms with E-state index in [1.807, 2.05) is 0 Å². The van der Waals surface area contributed by atoms with Gasteiger partial charge in [-0.15, -0.1) is 0 Å². The van der Waals surface area contributed by atoms with Gasteiger partial charge in [0.2, 0.25) is 5.91 Å². The first kappa shape index (κ1) is 18.1. The third-order valence-electron chi connectivity index (χ3n) is 5.10. The van der Waals surface area contributed by atoms with Crippen LogP contribution in [-0.4, -0.2) is 34.8 Å². The first-order chi connectivity index (χ1) is 12.4. The minimum Gasteiger partial charge on any atom is -0.366 e. The van der Waals surface area contributed by atoms with Crippen LogP contribution in [0.1, 0.15) is 45.9 Å². The quantitative estimate of drug-likeness (QED) is 0.821. The maximum Gasteiger partial charge on any atom is 0.250 e. The number of alkyl halides is 1. The predicted molar refractivity (Wildman–Crippen MR) is 95.1 cm³/mol. The molecule has 0 saturated carbocycles. The minimum atomic E-state index is -0.789. The Morgan fingerprint density at radius 3 is 2.85 bits per heavy atom. The average Bonchev–Trinajstić information content (AvgIpc) is 2.95. The van der Waals surface area contributed by atoms with Gasteiger partial charge in [0.25, 0.3) is 5.91 Å². The van der Waals surface area contributed by atoms with Gasteiger partial charge in [0.1, 0.15) is 12.5 Å². The van der Waals surface area contributed by atoms with Crippen molar-refractivity contribution in [2.75, 3.05) is 13.1 Å². The van der Waals surface area contributed by atoms with E-state index < -0.39 is 18.4 Å². The normalized spacial score (nSPS) is 17.5. The van der Waals surface area contributed by atoms with E-state index in [4.69, 9.17) is 5.73 Å². The maximum atomic E-state index is 15.0.